The molecule has 0 aromatic heterocycles. The SMILES string of the molecule is CC(C)(C)Cc1ccc(C(=O)[O-])cc1.CC(C)(C)Cc1ccc(C(=O)[O-])cc1.[Pb+2]. The van der Waals surface area contributed by atoms with Gasteiger partial charge in [-0.3, -0.25) is 0 Å². The molecule has 0 saturated heterocycles. The molecule has 0 aliphatic carbocycles. The van der Waals surface area contributed by atoms with Crippen LogP contribution in [-0.4, -0.2) is 39.2 Å². The first kappa shape index (κ1) is 27.3. The fourth-order valence-corrected chi connectivity index (χ4v) is 2.74. The van der Waals surface area contributed by atoms with Crippen molar-refractivity contribution in [1.82, 2.24) is 0 Å². The number of carbonyl (C=O) groups excluding carboxylic acids is 2. The second-order valence-electron chi connectivity index (χ2n) is 9.44. The van der Waals surface area contributed by atoms with Crippen LogP contribution in [0.5, 0.6) is 0 Å². The van der Waals surface area contributed by atoms with Gasteiger partial charge >= 0.3 is 27.3 Å². The Balaban J connectivity index is 0.000000523. The van der Waals surface area contributed by atoms with Crippen molar-refractivity contribution in [1.29, 1.82) is 0 Å². The summed E-state index contributed by atoms with van der Waals surface area (Å²) in [6.07, 6.45) is 1.89. The molecule has 0 bridgehead atoms. The molecule has 0 spiro atoms. The summed E-state index contributed by atoms with van der Waals surface area (Å²) in [6, 6.07) is 13.7. The van der Waals surface area contributed by atoms with Crippen LogP contribution in [0.4, 0.5) is 0 Å². The average Bonchev–Trinajstić information content (AvgIpc) is 2.53. The Hall–Kier alpha value is -1.70. The van der Waals surface area contributed by atoms with Crippen molar-refractivity contribution >= 4 is 39.2 Å². The van der Waals surface area contributed by atoms with Gasteiger partial charge in [0.05, 0.1) is 11.9 Å². The number of carboxylic acids is 2. The van der Waals surface area contributed by atoms with Gasteiger partial charge in [0.15, 0.2) is 0 Å². The van der Waals surface area contributed by atoms with Crippen molar-refractivity contribution in [3.05, 3.63) is 70.8 Å². The van der Waals surface area contributed by atoms with Crippen molar-refractivity contribution < 1.29 is 19.8 Å². The van der Waals surface area contributed by atoms with Crippen LogP contribution >= 0.6 is 0 Å². The van der Waals surface area contributed by atoms with Gasteiger partial charge in [0.2, 0.25) is 0 Å². The van der Waals surface area contributed by atoms with E-state index in [4.69, 9.17) is 0 Å². The minimum absolute atomic E-state index is 0. The van der Waals surface area contributed by atoms with Crippen molar-refractivity contribution in [2.45, 2.75) is 54.4 Å². The van der Waals surface area contributed by atoms with Gasteiger partial charge in [-0.25, -0.2) is 0 Å². The van der Waals surface area contributed by atoms with Crippen LogP contribution in [0.15, 0.2) is 48.5 Å². The van der Waals surface area contributed by atoms with E-state index in [1.54, 1.807) is 24.3 Å². The standard InChI is InChI=1S/2C12H16O2.Pb/c2*1-12(2,3)8-9-4-6-10(7-5-9)11(13)14;/h2*4-7H,8H2,1-3H3,(H,13,14);/q;;+2/p-2. The second-order valence-corrected chi connectivity index (χ2v) is 9.44. The van der Waals surface area contributed by atoms with Gasteiger partial charge in [-0.1, -0.05) is 90.1 Å². The van der Waals surface area contributed by atoms with Crippen LogP contribution in [0.3, 0.4) is 0 Å². The molecule has 154 valence electrons. The Morgan fingerprint density at radius 2 is 0.862 bits per heavy atom. The second kappa shape index (κ2) is 11.5. The topological polar surface area (TPSA) is 80.3 Å². The maximum absolute atomic E-state index is 10.5. The van der Waals surface area contributed by atoms with Gasteiger partial charge in [0, 0.05) is 0 Å². The molecule has 0 aliphatic heterocycles. The molecule has 0 unspecified atom stereocenters. The molecule has 2 aromatic carbocycles. The molecule has 29 heavy (non-hydrogen) atoms. The molecule has 4 nitrogen and oxygen atoms in total. The minimum atomic E-state index is -1.12. The summed E-state index contributed by atoms with van der Waals surface area (Å²) >= 11 is 0. The number of benzene rings is 2. The molecule has 2 rings (SSSR count). The summed E-state index contributed by atoms with van der Waals surface area (Å²) in [6.45, 7) is 12.9. The molecule has 0 N–H and O–H groups in total. The first-order chi connectivity index (χ1) is 12.8. The summed E-state index contributed by atoms with van der Waals surface area (Å²) in [5.74, 6) is -2.24. The molecule has 0 atom stereocenters. The maximum Gasteiger partial charge on any atom is 2.00 e. The Kier molecular flexibility index (Phi) is 10.8. The molecule has 0 saturated carbocycles. The van der Waals surface area contributed by atoms with Gasteiger partial charge in [-0.05, 0) is 45.9 Å². The van der Waals surface area contributed by atoms with E-state index in [-0.39, 0.29) is 49.3 Å². The fourth-order valence-electron chi connectivity index (χ4n) is 2.74. The molecular formula is C24H30O4Pb. The van der Waals surface area contributed by atoms with Gasteiger partial charge in [-0.15, -0.1) is 0 Å². The number of rotatable bonds is 4. The Morgan fingerprint density at radius 1 is 0.621 bits per heavy atom. The number of hydrogen-bond donors (Lipinski definition) is 0. The molecule has 0 amide bonds. The first-order valence-corrected chi connectivity index (χ1v) is 9.37. The van der Waals surface area contributed by atoms with E-state index in [9.17, 15) is 19.8 Å². The summed E-state index contributed by atoms with van der Waals surface area (Å²) < 4.78 is 0. The third-order valence-electron chi connectivity index (χ3n) is 3.85. The van der Waals surface area contributed by atoms with Gasteiger partial charge < -0.3 is 19.8 Å². The average molecular weight is 590 g/mol. The van der Waals surface area contributed by atoms with Crippen LogP contribution in [0, 0.1) is 10.8 Å². The molecule has 2 aromatic rings. The zero-order valence-electron chi connectivity index (χ0n) is 18.2. The van der Waals surface area contributed by atoms with Gasteiger partial charge in [0.1, 0.15) is 0 Å². The third-order valence-corrected chi connectivity index (χ3v) is 3.85. The minimum Gasteiger partial charge on any atom is -0.545 e. The quantitative estimate of drug-likeness (QED) is 0.514. The zero-order chi connectivity index (χ0) is 21.5. The van der Waals surface area contributed by atoms with Crippen molar-refractivity contribution in [2.24, 2.45) is 10.8 Å². The summed E-state index contributed by atoms with van der Waals surface area (Å²) in [5, 5.41) is 21.0. The van der Waals surface area contributed by atoms with Crippen LogP contribution in [0.1, 0.15) is 73.4 Å². The molecular weight excluding hydrogens is 559 g/mol. The van der Waals surface area contributed by atoms with Crippen LogP contribution in [-0.2, 0) is 12.8 Å². The van der Waals surface area contributed by atoms with E-state index in [0.717, 1.165) is 24.0 Å². The molecule has 2 radical (unpaired) electrons. The molecule has 0 aliphatic rings. The van der Waals surface area contributed by atoms with E-state index < -0.39 is 11.9 Å². The van der Waals surface area contributed by atoms with E-state index in [2.05, 4.69) is 41.5 Å². The number of carboxylic acid groups (broad SMARTS) is 2. The monoisotopic (exact) mass is 590 g/mol. The van der Waals surface area contributed by atoms with Gasteiger partial charge in [0.25, 0.3) is 0 Å². The van der Waals surface area contributed by atoms with Crippen molar-refractivity contribution in [3.63, 3.8) is 0 Å². The van der Waals surface area contributed by atoms with Crippen LogP contribution in [0.2, 0.25) is 0 Å². The molecule has 5 heteroatoms. The van der Waals surface area contributed by atoms with Crippen molar-refractivity contribution in [2.75, 3.05) is 0 Å². The Labute approximate surface area is 194 Å². The smallest absolute Gasteiger partial charge is 0.545 e. The first-order valence-electron chi connectivity index (χ1n) is 9.37. The summed E-state index contributed by atoms with van der Waals surface area (Å²) in [4.78, 5) is 21.0. The largest absolute Gasteiger partial charge is 2.00 e. The number of hydrogen-bond acceptors (Lipinski definition) is 4. The Bertz CT molecular complexity index is 710. The summed E-state index contributed by atoms with van der Waals surface area (Å²) in [7, 11) is 0. The molecule has 0 fully saturated rings. The Morgan fingerprint density at radius 3 is 1.03 bits per heavy atom. The van der Waals surface area contributed by atoms with Crippen LogP contribution in [0.25, 0.3) is 0 Å². The molecule has 0 heterocycles. The predicted molar refractivity (Wildman–Crippen MR) is 114 cm³/mol. The van der Waals surface area contributed by atoms with E-state index >= 15 is 0 Å². The zero-order valence-corrected chi connectivity index (χ0v) is 22.1. The van der Waals surface area contributed by atoms with E-state index in [1.807, 2.05) is 24.3 Å². The normalized spacial score (nSPS) is 11.0. The number of aromatic carboxylic acids is 2. The third kappa shape index (κ3) is 11.8. The number of carbonyl (C=O) groups is 2. The maximum atomic E-state index is 10.5. The van der Waals surface area contributed by atoms with E-state index in [1.165, 1.54) is 0 Å². The summed E-state index contributed by atoms with van der Waals surface area (Å²) in [5.41, 5.74) is 3.24. The van der Waals surface area contributed by atoms with Crippen molar-refractivity contribution in [3.8, 4) is 0 Å². The van der Waals surface area contributed by atoms with Gasteiger partial charge in [-0.2, -0.15) is 0 Å². The van der Waals surface area contributed by atoms with E-state index in [0.29, 0.717) is 0 Å². The van der Waals surface area contributed by atoms with Crippen LogP contribution < -0.4 is 10.2 Å². The fraction of sp³-hybridized carbons (Fsp3) is 0.417. The predicted octanol–water partition coefficient (Wildman–Crippen LogP) is 2.90.